The maximum atomic E-state index is 12.3. The maximum Gasteiger partial charge on any atom is 0.240 e. The molecule has 24 heavy (non-hydrogen) atoms. The molecule has 2 rings (SSSR count). The number of nitrogens with two attached hydrogens (primary N) is 1. The highest BCUT2D eigenvalue weighted by Crippen LogP contribution is 2.18. The Morgan fingerprint density at radius 2 is 2.00 bits per heavy atom. The van der Waals surface area contributed by atoms with Gasteiger partial charge in [-0.15, -0.1) is 0 Å². The van der Waals surface area contributed by atoms with E-state index in [9.17, 15) is 9.59 Å². The van der Waals surface area contributed by atoms with Crippen molar-refractivity contribution in [1.82, 2.24) is 5.32 Å². The first-order chi connectivity index (χ1) is 11.4. The van der Waals surface area contributed by atoms with Gasteiger partial charge >= 0.3 is 0 Å². The third-order valence-electron chi connectivity index (χ3n) is 4.09. The average molecular weight is 333 g/mol. The molecule has 1 aromatic rings. The number of hydrogen-bond acceptors (Lipinski definition) is 4. The lowest BCUT2D eigenvalue weighted by Gasteiger charge is -2.31. The fraction of sp³-hybridized carbons (Fsp3) is 0.556. The summed E-state index contributed by atoms with van der Waals surface area (Å²) in [6.07, 6.45) is 1.55. The number of carbonyl (C=O) groups excluding carboxylic acids is 2. The number of anilines is 1. The van der Waals surface area contributed by atoms with Crippen LogP contribution in [0.2, 0.25) is 0 Å². The van der Waals surface area contributed by atoms with Crippen LogP contribution in [-0.2, 0) is 20.9 Å². The molecule has 2 amide bonds. The van der Waals surface area contributed by atoms with Gasteiger partial charge in [-0.3, -0.25) is 9.59 Å². The average Bonchev–Trinajstić information content (AvgIpc) is 2.52. The van der Waals surface area contributed by atoms with Crippen LogP contribution in [0.15, 0.2) is 24.3 Å². The van der Waals surface area contributed by atoms with Crippen LogP contribution >= 0.6 is 0 Å². The number of ether oxygens (including phenoxy) is 1. The molecule has 6 nitrogen and oxygen atoms in total. The van der Waals surface area contributed by atoms with Gasteiger partial charge in [0.1, 0.15) is 0 Å². The number of hydrogen-bond donors (Lipinski definition) is 3. The molecule has 0 atom stereocenters. The molecule has 132 valence electrons. The van der Waals surface area contributed by atoms with Gasteiger partial charge in [-0.25, -0.2) is 0 Å². The van der Waals surface area contributed by atoms with Crippen LogP contribution in [0.4, 0.5) is 5.69 Å². The van der Waals surface area contributed by atoms with Crippen molar-refractivity contribution in [3.63, 3.8) is 0 Å². The quantitative estimate of drug-likeness (QED) is 0.740. The summed E-state index contributed by atoms with van der Waals surface area (Å²) in [6, 6.07) is 7.48. The van der Waals surface area contributed by atoms with Gasteiger partial charge in [0.25, 0.3) is 0 Å². The van der Waals surface area contributed by atoms with Crippen LogP contribution in [0.3, 0.4) is 0 Å². The van der Waals surface area contributed by atoms with E-state index in [1.165, 1.54) is 0 Å². The molecule has 0 aromatic heterocycles. The highest BCUT2D eigenvalue weighted by Gasteiger charge is 2.35. The Morgan fingerprint density at radius 1 is 1.29 bits per heavy atom. The van der Waals surface area contributed by atoms with Crippen LogP contribution in [0.1, 0.15) is 38.7 Å². The van der Waals surface area contributed by atoms with Gasteiger partial charge in [-0.2, -0.15) is 0 Å². The van der Waals surface area contributed by atoms with E-state index in [1.54, 1.807) is 0 Å². The summed E-state index contributed by atoms with van der Waals surface area (Å²) in [7, 11) is 0. The number of rotatable bonds is 6. The molecule has 1 fully saturated rings. The molecular weight excluding hydrogens is 306 g/mol. The molecular formula is C18H27N3O3. The van der Waals surface area contributed by atoms with E-state index in [-0.39, 0.29) is 11.8 Å². The van der Waals surface area contributed by atoms with Crippen LogP contribution in [0.25, 0.3) is 0 Å². The first-order valence-electron chi connectivity index (χ1n) is 8.43. The summed E-state index contributed by atoms with van der Waals surface area (Å²) >= 11 is 0. The van der Waals surface area contributed by atoms with Gasteiger partial charge in [-0.1, -0.05) is 26.0 Å². The molecule has 1 aliphatic rings. The second kappa shape index (κ2) is 8.26. The highest BCUT2D eigenvalue weighted by atomic mass is 16.5. The van der Waals surface area contributed by atoms with Crippen molar-refractivity contribution in [2.24, 2.45) is 11.7 Å². The third-order valence-corrected chi connectivity index (χ3v) is 4.09. The fourth-order valence-electron chi connectivity index (χ4n) is 2.66. The van der Waals surface area contributed by atoms with Crippen LogP contribution < -0.4 is 16.4 Å². The summed E-state index contributed by atoms with van der Waals surface area (Å²) in [6.45, 7) is 5.42. The van der Waals surface area contributed by atoms with Gasteiger partial charge in [0.15, 0.2) is 0 Å². The summed E-state index contributed by atoms with van der Waals surface area (Å²) in [4.78, 5) is 24.2. The fourth-order valence-corrected chi connectivity index (χ4v) is 2.66. The van der Waals surface area contributed by atoms with Crippen LogP contribution in [-0.4, -0.2) is 30.6 Å². The lowest BCUT2D eigenvalue weighted by atomic mass is 9.90. The zero-order valence-electron chi connectivity index (χ0n) is 14.4. The lowest BCUT2D eigenvalue weighted by molar-refractivity contribution is -0.129. The van der Waals surface area contributed by atoms with E-state index in [2.05, 4.69) is 10.6 Å². The Morgan fingerprint density at radius 3 is 2.67 bits per heavy atom. The summed E-state index contributed by atoms with van der Waals surface area (Å²) < 4.78 is 5.26. The van der Waals surface area contributed by atoms with Crippen molar-refractivity contribution in [3.05, 3.63) is 29.8 Å². The van der Waals surface area contributed by atoms with E-state index in [0.717, 1.165) is 11.3 Å². The lowest BCUT2D eigenvalue weighted by Crippen LogP contribution is -2.56. The summed E-state index contributed by atoms with van der Waals surface area (Å²) in [5, 5.41) is 5.77. The molecule has 0 bridgehead atoms. The Kier molecular flexibility index (Phi) is 6.34. The Labute approximate surface area is 143 Å². The first-order valence-corrected chi connectivity index (χ1v) is 8.43. The molecule has 1 aliphatic heterocycles. The van der Waals surface area contributed by atoms with E-state index >= 15 is 0 Å². The van der Waals surface area contributed by atoms with Crippen molar-refractivity contribution < 1.29 is 14.3 Å². The zero-order chi connectivity index (χ0) is 17.6. The normalized spacial score (nSPS) is 16.7. The van der Waals surface area contributed by atoms with Crippen LogP contribution in [0, 0.1) is 5.92 Å². The predicted octanol–water partition coefficient (Wildman–Crippen LogP) is 1.80. The Balaban J connectivity index is 1.90. The third kappa shape index (κ3) is 5.32. The predicted molar refractivity (Wildman–Crippen MR) is 93.3 cm³/mol. The smallest absolute Gasteiger partial charge is 0.240 e. The molecule has 0 radical (unpaired) electrons. The Hall–Kier alpha value is -1.92. The van der Waals surface area contributed by atoms with E-state index in [1.807, 2.05) is 38.1 Å². The van der Waals surface area contributed by atoms with E-state index in [0.29, 0.717) is 44.9 Å². The molecule has 0 spiro atoms. The molecule has 0 aliphatic carbocycles. The maximum absolute atomic E-state index is 12.3. The number of benzene rings is 1. The monoisotopic (exact) mass is 333 g/mol. The number of amides is 2. The van der Waals surface area contributed by atoms with Gasteiger partial charge < -0.3 is 21.1 Å². The molecule has 6 heteroatoms. The van der Waals surface area contributed by atoms with Crippen molar-refractivity contribution in [3.8, 4) is 0 Å². The molecule has 4 N–H and O–H groups in total. The summed E-state index contributed by atoms with van der Waals surface area (Å²) in [5.74, 6) is 0.155. The van der Waals surface area contributed by atoms with Crippen molar-refractivity contribution in [1.29, 1.82) is 0 Å². The minimum atomic E-state index is -0.846. The number of carbonyl (C=O) groups is 2. The molecule has 0 saturated carbocycles. The van der Waals surface area contributed by atoms with Crippen LogP contribution in [0.5, 0.6) is 0 Å². The molecule has 1 heterocycles. The molecule has 0 unspecified atom stereocenters. The minimum absolute atomic E-state index is 0.00528. The minimum Gasteiger partial charge on any atom is -0.381 e. The first kappa shape index (κ1) is 18.4. The second-order valence-electron chi connectivity index (χ2n) is 6.80. The van der Waals surface area contributed by atoms with Gasteiger partial charge in [0, 0.05) is 31.9 Å². The summed E-state index contributed by atoms with van der Waals surface area (Å²) in [5.41, 5.74) is 6.97. The molecule has 1 saturated heterocycles. The van der Waals surface area contributed by atoms with Gasteiger partial charge in [0.05, 0.1) is 5.54 Å². The van der Waals surface area contributed by atoms with E-state index in [4.69, 9.17) is 10.5 Å². The standard InChI is InChI=1S/C18H27N3O3/c1-13(2)10-16(22)21-15-5-3-4-14(11-15)12-20-17(23)18(19)6-8-24-9-7-18/h3-5,11,13H,6-10,12,19H2,1-2H3,(H,20,23)(H,21,22). The molecule has 1 aromatic carbocycles. The van der Waals surface area contributed by atoms with Gasteiger partial charge in [-0.05, 0) is 36.5 Å². The van der Waals surface area contributed by atoms with Crippen molar-refractivity contribution >= 4 is 17.5 Å². The van der Waals surface area contributed by atoms with Gasteiger partial charge in [0.2, 0.25) is 11.8 Å². The highest BCUT2D eigenvalue weighted by molar-refractivity contribution is 5.91. The second-order valence-corrected chi connectivity index (χ2v) is 6.80. The van der Waals surface area contributed by atoms with Crippen molar-refractivity contribution in [2.45, 2.75) is 45.2 Å². The number of nitrogens with one attached hydrogen (secondary N) is 2. The SMILES string of the molecule is CC(C)CC(=O)Nc1cccc(CNC(=O)C2(N)CCOCC2)c1. The topological polar surface area (TPSA) is 93.5 Å². The Bertz CT molecular complexity index is 581. The largest absolute Gasteiger partial charge is 0.381 e. The van der Waals surface area contributed by atoms with E-state index < -0.39 is 5.54 Å². The van der Waals surface area contributed by atoms with Crippen molar-refractivity contribution in [2.75, 3.05) is 18.5 Å². The zero-order valence-corrected chi connectivity index (χ0v) is 14.4.